The number of aromatic amines is 1. The van der Waals surface area contributed by atoms with Crippen LogP contribution in [0.1, 0.15) is 48.3 Å². The molecule has 1 aromatic carbocycles. The topological polar surface area (TPSA) is 63.6 Å². The Bertz CT molecular complexity index is 1010. The molecule has 0 unspecified atom stereocenters. The van der Waals surface area contributed by atoms with Crippen LogP contribution in [0.4, 0.5) is 0 Å². The molecule has 28 heavy (non-hydrogen) atoms. The third-order valence-electron chi connectivity index (χ3n) is 4.34. The predicted molar refractivity (Wildman–Crippen MR) is 115 cm³/mol. The molecule has 0 fully saturated rings. The van der Waals surface area contributed by atoms with Gasteiger partial charge in [0.25, 0.3) is 0 Å². The zero-order valence-corrected chi connectivity index (χ0v) is 18.8. The van der Waals surface area contributed by atoms with E-state index in [1.807, 2.05) is 36.6 Å². The zero-order chi connectivity index (χ0) is 20.6. The minimum Gasteiger partial charge on any atom is -0.318 e. The highest BCUT2D eigenvalue weighted by Gasteiger charge is 2.21. The van der Waals surface area contributed by atoms with E-state index in [1.54, 1.807) is 6.07 Å². The Labute approximate surface area is 178 Å². The molecule has 2 heterocycles. The molecule has 1 N–H and O–H groups in total. The maximum Gasteiger partial charge on any atom is 0.208 e. The number of thioether (sulfide) groups is 1. The highest BCUT2D eigenvalue weighted by molar-refractivity contribution is 7.99. The molecule has 5 nitrogen and oxygen atoms in total. The summed E-state index contributed by atoms with van der Waals surface area (Å²) >= 11 is 13.6. The number of hydrogen-bond acceptors (Lipinski definition) is 4. The molecule has 0 radical (unpaired) electrons. The minimum atomic E-state index is -0.112. The lowest BCUT2D eigenvalue weighted by Crippen LogP contribution is -2.13. The predicted octanol–water partition coefficient (Wildman–Crippen LogP) is 5.79. The number of benzene rings is 1. The average Bonchev–Trinajstić information content (AvgIpc) is 3.16. The van der Waals surface area contributed by atoms with E-state index in [0.717, 1.165) is 22.9 Å². The van der Waals surface area contributed by atoms with Crippen LogP contribution < -0.4 is 0 Å². The van der Waals surface area contributed by atoms with Crippen LogP contribution in [0.5, 0.6) is 0 Å². The van der Waals surface area contributed by atoms with E-state index < -0.39 is 0 Å². The number of nitrogens with zero attached hydrogens (tertiary/aromatic N) is 3. The number of Topliss-reactive ketones (excluding diaryl/α,β-unsaturated/α-hetero) is 1. The summed E-state index contributed by atoms with van der Waals surface area (Å²) in [4.78, 5) is 17.3. The van der Waals surface area contributed by atoms with Gasteiger partial charge in [-0.1, -0.05) is 55.7 Å². The van der Waals surface area contributed by atoms with Gasteiger partial charge in [0.2, 0.25) is 5.16 Å². The maximum atomic E-state index is 12.8. The van der Waals surface area contributed by atoms with Crippen LogP contribution in [-0.4, -0.2) is 31.3 Å². The molecule has 8 heteroatoms. The first kappa shape index (κ1) is 21.0. The van der Waals surface area contributed by atoms with Gasteiger partial charge < -0.3 is 4.57 Å². The summed E-state index contributed by atoms with van der Waals surface area (Å²) in [6.07, 6.45) is 0. The Morgan fingerprint density at radius 2 is 1.79 bits per heavy atom. The van der Waals surface area contributed by atoms with Gasteiger partial charge in [-0.2, -0.15) is 0 Å². The van der Waals surface area contributed by atoms with Gasteiger partial charge >= 0.3 is 0 Å². The molecule has 0 amide bonds. The second-order valence-corrected chi connectivity index (χ2v) is 9.49. The highest BCUT2D eigenvalue weighted by atomic mass is 35.5. The Hall–Kier alpha value is -1.76. The van der Waals surface area contributed by atoms with Gasteiger partial charge in [0, 0.05) is 38.1 Å². The molecule has 0 saturated carbocycles. The molecule has 0 aliphatic carbocycles. The molecule has 0 bridgehead atoms. The van der Waals surface area contributed by atoms with Gasteiger partial charge in [0.05, 0.1) is 5.75 Å². The lowest BCUT2D eigenvalue weighted by atomic mass is 9.96. The Morgan fingerprint density at radius 3 is 2.36 bits per heavy atom. The summed E-state index contributed by atoms with van der Waals surface area (Å²) in [5.41, 5.74) is 3.19. The lowest BCUT2D eigenvalue weighted by Gasteiger charge is -2.12. The summed E-state index contributed by atoms with van der Waals surface area (Å²) in [7, 11) is 0. The zero-order valence-electron chi connectivity index (χ0n) is 16.4. The number of hydrogen-bond donors (Lipinski definition) is 1. The second-order valence-electron chi connectivity index (χ2n) is 7.68. The van der Waals surface area contributed by atoms with Gasteiger partial charge in [-0.3, -0.25) is 9.89 Å². The molecule has 3 rings (SSSR count). The molecular formula is C20H22Cl2N4OS. The third-order valence-corrected chi connectivity index (χ3v) is 5.63. The third kappa shape index (κ3) is 4.45. The Morgan fingerprint density at radius 1 is 1.14 bits per heavy atom. The van der Waals surface area contributed by atoms with E-state index in [1.165, 1.54) is 11.8 Å². The van der Waals surface area contributed by atoms with Crippen LogP contribution in [0.2, 0.25) is 10.0 Å². The lowest BCUT2D eigenvalue weighted by molar-refractivity contribution is 0.102. The molecule has 148 valence electrons. The quantitative estimate of drug-likeness (QED) is 0.405. The minimum absolute atomic E-state index is 0.0274. The normalized spacial score (nSPS) is 11.8. The van der Waals surface area contributed by atoms with Crippen molar-refractivity contribution in [3.8, 4) is 5.69 Å². The van der Waals surface area contributed by atoms with Gasteiger partial charge in [0.15, 0.2) is 5.78 Å². The Kier molecular flexibility index (Phi) is 5.94. The van der Waals surface area contributed by atoms with E-state index in [-0.39, 0.29) is 17.0 Å². The van der Waals surface area contributed by atoms with Gasteiger partial charge in [-0.25, -0.2) is 4.98 Å². The Balaban J connectivity index is 1.80. The van der Waals surface area contributed by atoms with E-state index >= 15 is 0 Å². The SMILES string of the molecule is Cc1cc(C(=O)CSc2n[nH]c(C(C)(C)C)n2)c(C)n1-c1cc(Cl)cc(Cl)c1. The van der Waals surface area contributed by atoms with Crippen molar-refractivity contribution in [2.45, 2.75) is 45.2 Å². The van der Waals surface area contributed by atoms with Gasteiger partial charge in [0.1, 0.15) is 5.82 Å². The fourth-order valence-corrected chi connectivity index (χ4v) is 4.16. The summed E-state index contributed by atoms with van der Waals surface area (Å²) in [6, 6.07) is 7.24. The summed E-state index contributed by atoms with van der Waals surface area (Å²) in [6.45, 7) is 10.1. The van der Waals surface area contributed by atoms with Crippen molar-refractivity contribution in [3.05, 3.63) is 57.1 Å². The van der Waals surface area contributed by atoms with Crippen LogP contribution in [0.3, 0.4) is 0 Å². The second kappa shape index (κ2) is 7.93. The van der Waals surface area contributed by atoms with Crippen LogP contribution in [0, 0.1) is 13.8 Å². The average molecular weight is 437 g/mol. The van der Waals surface area contributed by atoms with Crippen molar-refractivity contribution in [2.75, 3.05) is 5.75 Å². The summed E-state index contributed by atoms with van der Waals surface area (Å²) in [5.74, 6) is 1.10. The number of H-pyrrole nitrogens is 1. The van der Waals surface area contributed by atoms with Crippen LogP contribution in [0.25, 0.3) is 5.69 Å². The molecule has 0 atom stereocenters. The number of aromatic nitrogens is 4. The number of nitrogens with one attached hydrogen (secondary N) is 1. The maximum absolute atomic E-state index is 12.8. The first-order chi connectivity index (χ1) is 13.1. The largest absolute Gasteiger partial charge is 0.318 e. The number of carbonyl (C=O) groups excluding carboxylic acids is 1. The molecular weight excluding hydrogens is 415 g/mol. The molecule has 0 aliphatic heterocycles. The number of aryl methyl sites for hydroxylation is 1. The van der Waals surface area contributed by atoms with Crippen molar-refractivity contribution < 1.29 is 4.79 Å². The summed E-state index contributed by atoms with van der Waals surface area (Å²) < 4.78 is 1.99. The van der Waals surface area contributed by atoms with Crippen molar-refractivity contribution in [1.29, 1.82) is 0 Å². The van der Waals surface area contributed by atoms with Crippen molar-refractivity contribution >= 4 is 40.7 Å². The number of carbonyl (C=O) groups is 1. The number of ketones is 1. The monoisotopic (exact) mass is 436 g/mol. The summed E-state index contributed by atoms with van der Waals surface area (Å²) in [5, 5.41) is 8.83. The fraction of sp³-hybridized carbons (Fsp3) is 0.350. The van der Waals surface area contributed by atoms with E-state index in [0.29, 0.717) is 20.8 Å². The first-order valence-corrected chi connectivity index (χ1v) is 10.5. The van der Waals surface area contributed by atoms with Crippen LogP contribution in [0.15, 0.2) is 29.4 Å². The molecule has 0 aliphatic rings. The standard InChI is InChI=1S/C20H22Cl2N4OS/c1-11-6-16(12(2)26(11)15-8-13(21)7-14(22)9-15)17(27)10-28-19-23-18(24-25-19)20(3,4)5/h6-9H,10H2,1-5H3,(H,23,24,25). The van der Waals surface area contributed by atoms with Gasteiger partial charge in [-0.15, -0.1) is 5.10 Å². The first-order valence-electron chi connectivity index (χ1n) is 8.80. The van der Waals surface area contributed by atoms with Crippen molar-refractivity contribution in [1.82, 2.24) is 19.7 Å². The molecule has 3 aromatic rings. The van der Waals surface area contributed by atoms with Crippen LogP contribution >= 0.6 is 35.0 Å². The fourth-order valence-electron chi connectivity index (χ4n) is 2.97. The van der Waals surface area contributed by atoms with Crippen molar-refractivity contribution in [3.63, 3.8) is 0 Å². The van der Waals surface area contributed by atoms with Crippen LogP contribution in [-0.2, 0) is 5.41 Å². The number of rotatable bonds is 5. The van der Waals surface area contributed by atoms with Gasteiger partial charge in [-0.05, 0) is 38.1 Å². The van der Waals surface area contributed by atoms with E-state index in [4.69, 9.17) is 23.2 Å². The smallest absolute Gasteiger partial charge is 0.208 e. The molecule has 0 spiro atoms. The van der Waals surface area contributed by atoms with E-state index in [2.05, 4.69) is 36.0 Å². The number of halogens is 2. The highest BCUT2D eigenvalue weighted by Crippen LogP contribution is 2.28. The van der Waals surface area contributed by atoms with Crippen molar-refractivity contribution in [2.24, 2.45) is 0 Å². The molecule has 2 aromatic heterocycles. The molecule has 0 saturated heterocycles. The van der Waals surface area contributed by atoms with E-state index in [9.17, 15) is 4.79 Å².